The molecule has 0 amide bonds. The number of halogens is 2. The Labute approximate surface area is 131 Å². The molecule has 0 N–H and O–H groups in total. The summed E-state index contributed by atoms with van der Waals surface area (Å²) in [5, 5.41) is 0. The highest BCUT2D eigenvalue weighted by atomic mass is 19.2. The highest BCUT2D eigenvalue weighted by molar-refractivity contribution is 5.71. The Morgan fingerprint density at radius 1 is 1.14 bits per heavy atom. The largest absolute Gasteiger partial charge is 0.491 e. The van der Waals surface area contributed by atoms with Gasteiger partial charge in [0.05, 0.1) is 6.61 Å². The van der Waals surface area contributed by atoms with Gasteiger partial charge in [0.15, 0.2) is 11.6 Å². The summed E-state index contributed by atoms with van der Waals surface area (Å²) >= 11 is 0. The van der Waals surface area contributed by atoms with Crippen molar-refractivity contribution >= 4 is 5.57 Å². The third-order valence-electron chi connectivity index (χ3n) is 5.30. The minimum absolute atomic E-state index is 0.00850. The number of rotatable bonds is 5. The van der Waals surface area contributed by atoms with Crippen molar-refractivity contribution in [3.05, 3.63) is 35.4 Å². The molecule has 120 valence electrons. The molecule has 2 aliphatic rings. The Morgan fingerprint density at radius 3 is 2.68 bits per heavy atom. The second-order valence-electron chi connectivity index (χ2n) is 6.46. The van der Waals surface area contributed by atoms with Crippen molar-refractivity contribution in [1.29, 1.82) is 0 Å². The summed E-state index contributed by atoms with van der Waals surface area (Å²) in [6, 6.07) is 3.24. The molecule has 1 nitrogen and oxygen atoms in total. The van der Waals surface area contributed by atoms with Crippen molar-refractivity contribution in [3.63, 3.8) is 0 Å². The molecule has 1 fully saturated rings. The summed E-state index contributed by atoms with van der Waals surface area (Å²) in [4.78, 5) is 0. The van der Waals surface area contributed by atoms with Crippen LogP contribution in [0.25, 0.3) is 5.57 Å². The Kier molecular flexibility index (Phi) is 4.51. The van der Waals surface area contributed by atoms with E-state index in [1.807, 2.05) is 0 Å². The van der Waals surface area contributed by atoms with E-state index in [9.17, 15) is 8.78 Å². The van der Waals surface area contributed by atoms with Crippen molar-refractivity contribution in [2.24, 2.45) is 17.8 Å². The molecule has 0 aliphatic heterocycles. The van der Waals surface area contributed by atoms with E-state index in [4.69, 9.17) is 4.74 Å². The maximum absolute atomic E-state index is 14.4. The van der Waals surface area contributed by atoms with Gasteiger partial charge >= 0.3 is 0 Å². The lowest BCUT2D eigenvalue weighted by atomic mass is 9.85. The van der Waals surface area contributed by atoms with Gasteiger partial charge in [-0.2, -0.15) is 4.39 Å². The predicted octanol–water partition coefficient (Wildman–Crippen LogP) is 5.59. The van der Waals surface area contributed by atoms with Gasteiger partial charge in [-0.25, -0.2) is 4.39 Å². The average Bonchev–Trinajstić information content (AvgIpc) is 3.08. The van der Waals surface area contributed by atoms with Crippen LogP contribution in [0.3, 0.4) is 0 Å². The van der Waals surface area contributed by atoms with E-state index in [1.54, 1.807) is 19.1 Å². The minimum atomic E-state index is -0.855. The first kappa shape index (κ1) is 15.5. The van der Waals surface area contributed by atoms with Crippen molar-refractivity contribution in [2.75, 3.05) is 6.61 Å². The summed E-state index contributed by atoms with van der Waals surface area (Å²) in [6.07, 6.45) is 7.93. The lowest BCUT2D eigenvalue weighted by Gasteiger charge is -2.20. The van der Waals surface area contributed by atoms with Crippen LogP contribution in [0, 0.1) is 29.4 Å². The Bertz CT molecular complexity index is 579. The van der Waals surface area contributed by atoms with E-state index in [1.165, 1.54) is 19.3 Å². The van der Waals surface area contributed by atoms with Crippen LogP contribution in [0.4, 0.5) is 8.78 Å². The first-order chi connectivity index (χ1) is 10.7. The Hall–Kier alpha value is -1.38. The van der Waals surface area contributed by atoms with Gasteiger partial charge in [-0.3, -0.25) is 0 Å². The number of hydrogen-bond acceptors (Lipinski definition) is 1. The molecule has 1 saturated carbocycles. The van der Waals surface area contributed by atoms with Gasteiger partial charge in [-0.15, -0.1) is 0 Å². The molecule has 22 heavy (non-hydrogen) atoms. The maximum Gasteiger partial charge on any atom is 0.201 e. The van der Waals surface area contributed by atoms with E-state index >= 15 is 0 Å². The molecule has 1 aromatic rings. The molecule has 3 atom stereocenters. The van der Waals surface area contributed by atoms with Crippen molar-refractivity contribution in [1.82, 2.24) is 0 Å². The standard InChI is InChI=1S/C19H24F2O/c1-3-5-12-6-7-14-13(12)8-9-15(14)16-10-11-17(22-4-2)19(21)18(16)20/h9-14H,3-8H2,1-2H3/t12?,13-,14+/m0/s1. The smallest absolute Gasteiger partial charge is 0.201 e. The van der Waals surface area contributed by atoms with Gasteiger partial charge in [-0.05, 0) is 61.6 Å². The van der Waals surface area contributed by atoms with Crippen LogP contribution in [0.5, 0.6) is 5.75 Å². The number of fused-ring (bicyclic) bond motifs is 1. The summed E-state index contributed by atoms with van der Waals surface area (Å²) in [5.41, 5.74) is 1.45. The predicted molar refractivity (Wildman–Crippen MR) is 84.7 cm³/mol. The van der Waals surface area contributed by atoms with E-state index in [2.05, 4.69) is 13.0 Å². The normalized spacial score (nSPS) is 26.9. The van der Waals surface area contributed by atoms with Crippen molar-refractivity contribution < 1.29 is 13.5 Å². The van der Waals surface area contributed by atoms with Crippen LogP contribution < -0.4 is 4.74 Å². The first-order valence-corrected chi connectivity index (χ1v) is 8.48. The number of allylic oxidation sites excluding steroid dienone is 2. The van der Waals surface area contributed by atoms with E-state index in [-0.39, 0.29) is 5.75 Å². The summed E-state index contributed by atoms with van der Waals surface area (Å²) in [6.45, 7) is 4.32. The zero-order chi connectivity index (χ0) is 15.7. The molecule has 1 aromatic carbocycles. The fourth-order valence-corrected chi connectivity index (χ4v) is 4.37. The molecule has 3 rings (SSSR count). The van der Waals surface area contributed by atoms with Crippen molar-refractivity contribution in [3.8, 4) is 5.75 Å². The quantitative estimate of drug-likeness (QED) is 0.688. The minimum Gasteiger partial charge on any atom is -0.491 e. The topological polar surface area (TPSA) is 9.23 Å². The van der Waals surface area contributed by atoms with Gasteiger partial charge in [0.1, 0.15) is 0 Å². The molecule has 0 radical (unpaired) electrons. The van der Waals surface area contributed by atoms with Crippen LogP contribution >= 0.6 is 0 Å². The van der Waals surface area contributed by atoms with Gasteiger partial charge in [0, 0.05) is 5.56 Å². The fraction of sp³-hybridized carbons (Fsp3) is 0.579. The summed E-state index contributed by atoms with van der Waals surface area (Å²) in [7, 11) is 0. The molecular formula is C19H24F2O. The lowest BCUT2D eigenvalue weighted by molar-refractivity contribution is 0.313. The summed E-state index contributed by atoms with van der Waals surface area (Å²) in [5.74, 6) is 0.185. The van der Waals surface area contributed by atoms with E-state index in [0.717, 1.165) is 24.3 Å². The van der Waals surface area contributed by atoms with Gasteiger partial charge in [0.25, 0.3) is 0 Å². The molecule has 3 heteroatoms. The van der Waals surface area contributed by atoms with Crippen LogP contribution in [-0.4, -0.2) is 6.61 Å². The molecule has 0 spiro atoms. The second-order valence-corrected chi connectivity index (χ2v) is 6.46. The third kappa shape index (κ3) is 2.55. The molecule has 2 aliphatic carbocycles. The van der Waals surface area contributed by atoms with Gasteiger partial charge < -0.3 is 4.74 Å². The highest BCUT2D eigenvalue weighted by Crippen LogP contribution is 2.52. The first-order valence-electron chi connectivity index (χ1n) is 8.48. The maximum atomic E-state index is 14.4. The zero-order valence-electron chi connectivity index (χ0n) is 13.4. The number of benzene rings is 1. The fourth-order valence-electron chi connectivity index (χ4n) is 4.37. The van der Waals surface area contributed by atoms with Crippen LogP contribution in [0.2, 0.25) is 0 Å². The van der Waals surface area contributed by atoms with Crippen LogP contribution in [0.15, 0.2) is 18.2 Å². The molecule has 0 saturated heterocycles. The lowest BCUT2D eigenvalue weighted by Crippen LogP contribution is -2.11. The second kappa shape index (κ2) is 6.39. The Morgan fingerprint density at radius 2 is 1.95 bits per heavy atom. The Balaban J connectivity index is 1.86. The average molecular weight is 306 g/mol. The zero-order valence-corrected chi connectivity index (χ0v) is 13.4. The van der Waals surface area contributed by atoms with E-state index in [0.29, 0.717) is 24.0 Å². The third-order valence-corrected chi connectivity index (χ3v) is 5.30. The molecule has 1 unspecified atom stereocenters. The highest BCUT2D eigenvalue weighted by Gasteiger charge is 2.41. The summed E-state index contributed by atoms with van der Waals surface area (Å²) < 4.78 is 33.7. The molecule has 0 bridgehead atoms. The molecular weight excluding hydrogens is 282 g/mol. The molecule has 0 heterocycles. The van der Waals surface area contributed by atoms with Crippen LogP contribution in [0.1, 0.15) is 51.5 Å². The number of hydrogen-bond donors (Lipinski definition) is 0. The van der Waals surface area contributed by atoms with Crippen LogP contribution in [-0.2, 0) is 0 Å². The van der Waals surface area contributed by atoms with Gasteiger partial charge in [0.2, 0.25) is 5.82 Å². The molecule has 0 aromatic heterocycles. The van der Waals surface area contributed by atoms with Gasteiger partial charge in [-0.1, -0.05) is 25.8 Å². The SMILES string of the molecule is CCCC1CC[C@H]2C(c3ccc(OCC)c(F)c3F)=CC[C@@H]12. The number of ether oxygens (including phenoxy) is 1. The van der Waals surface area contributed by atoms with Crippen molar-refractivity contribution in [2.45, 2.75) is 46.0 Å². The monoisotopic (exact) mass is 306 g/mol. The van der Waals surface area contributed by atoms with E-state index < -0.39 is 11.6 Å².